The molecule has 5 aromatic rings. The van der Waals surface area contributed by atoms with Gasteiger partial charge in [0, 0.05) is 29.0 Å². The van der Waals surface area contributed by atoms with Crippen molar-refractivity contribution in [3.05, 3.63) is 117 Å². The van der Waals surface area contributed by atoms with Gasteiger partial charge in [0.1, 0.15) is 35.9 Å². The van der Waals surface area contributed by atoms with E-state index in [0.717, 1.165) is 16.3 Å². The first-order chi connectivity index (χ1) is 17.9. The smallest absolute Gasteiger partial charge is 0.337 e. The zero-order chi connectivity index (χ0) is 26.2. The van der Waals surface area contributed by atoms with Crippen LogP contribution >= 0.6 is 0 Å². The van der Waals surface area contributed by atoms with Crippen molar-refractivity contribution in [3.8, 4) is 11.5 Å². The Hall–Kier alpha value is -4.85. The molecule has 0 saturated heterocycles. The Morgan fingerprint density at radius 3 is 2.16 bits per heavy atom. The van der Waals surface area contributed by atoms with Gasteiger partial charge in [0.25, 0.3) is 0 Å². The third-order valence-electron chi connectivity index (χ3n) is 5.35. The standard InChI is InChI=1S/C20H18O6.C9H6O2/c1-13-11-19(21)26-18-12-16(7-8-17(13)18)25-10-9-24-15-5-3-14(4-6-15)20(22)23-2;10-9-6-5-7-3-1-2-4-8(7)11-9/h3-8,11-12H,9-10H2,1-2H3;1-6H. The lowest BCUT2D eigenvalue weighted by Gasteiger charge is -2.09. The van der Waals surface area contributed by atoms with E-state index in [-0.39, 0.29) is 11.3 Å². The summed E-state index contributed by atoms with van der Waals surface area (Å²) >= 11 is 0. The van der Waals surface area contributed by atoms with Crippen LogP contribution in [0.5, 0.6) is 11.5 Å². The molecule has 0 aliphatic heterocycles. The van der Waals surface area contributed by atoms with Crippen LogP contribution in [0.2, 0.25) is 0 Å². The van der Waals surface area contributed by atoms with E-state index in [4.69, 9.17) is 18.3 Å². The fraction of sp³-hybridized carbons (Fsp3) is 0.138. The summed E-state index contributed by atoms with van der Waals surface area (Å²) in [5, 5.41) is 1.82. The van der Waals surface area contributed by atoms with E-state index in [1.165, 1.54) is 19.2 Å². The van der Waals surface area contributed by atoms with E-state index in [1.807, 2.05) is 37.3 Å². The number of hydrogen-bond donors (Lipinski definition) is 0. The summed E-state index contributed by atoms with van der Waals surface area (Å²) in [6.45, 7) is 2.51. The van der Waals surface area contributed by atoms with Crippen molar-refractivity contribution in [2.45, 2.75) is 6.92 Å². The molecule has 0 atom stereocenters. The van der Waals surface area contributed by atoms with Gasteiger partial charge in [-0.05, 0) is 61.0 Å². The zero-order valence-corrected chi connectivity index (χ0v) is 20.3. The van der Waals surface area contributed by atoms with Gasteiger partial charge in [-0.3, -0.25) is 0 Å². The predicted octanol–water partition coefficient (Wildman–Crippen LogP) is 5.14. The summed E-state index contributed by atoms with van der Waals surface area (Å²) in [5.74, 6) is 0.829. The average molecular weight is 501 g/mol. The highest BCUT2D eigenvalue weighted by atomic mass is 16.5. The minimum Gasteiger partial charge on any atom is -0.490 e. The second-order valence-electron chi connectivity index (χ2n) is 7.91. The molecule has 0 N–H and O–H groups in total. The van der Waals surface area contributed by atoms with Crippen molar-refractivity contribution in [3.63, 3.8) is 0 Å². The molecule has 5 rings (SSSR count). The Morgan fingerprint density at radius 2 is 1.41 bits per heavy atom. The maximum atomic E-state index is 11.5. The lowest BCUT2D eigenvalue weighted by Crippen LogP contribution is -2.09. The summed E-state index contributed by atoms with van der Waals surface area (Å²) in [5.41, 5.74) is 1.77. The first kappa shape index (κ1) is 25.2. The molecule has 0 bridgehead atoms. The number of fused-ring (bicyclic) bond motifs is 2. The third-order valence-corrected chi connectivity index (χ3v) is 5.35. The van der Waals surface area contributed by atoms with E-state index in [2.05, 4.69) is 4.74 Å². The number of benzene rings is 3. The van der Waals surface area contributed by atoms with E-state index in [0.29, 0.717) is 41.4 Å². The fourth-order valence-corrected chi connectivity index (χ4v) is 3.53. The number of carbonyl (C=O) groups is 1. The molecule has 8 nitrogen and oxygen atoms in total. The van der Waals surface area contributed by atoms with Crippen molar-refractivity contribution in [1.29, 1.82) is 0 Å². The molecule has 8 heteroatoms. The minimum absolute atomic E-state index is 0.302. The Bertz CT molecular complexity index is 1630. The van der Waals surface area contributed by atoms with Crippen LogP contribution in [0.25, 0.3) is 21.9 Å². The molecular formula is C29H24O8. The Kier molecular flexibility index (Phi) is 8.00. The second kappa shape index (κ2) is 11.7. The molecule has 0 fully saturated rings. The molecule has 2 heterocycles. The quantitative estimate of drug-likeness (QED) is 0.179. The highest BCUT2D eigenvalue weighted by Gasteiger charge is 2.06. The van der Waals surface area contributed by atoms with Crippen molar-refractivity contribution in [1.82, 2.24) is 0 Å². The Balaban J connectivity index is 0.000000241. The molecule has 0 radical (unpaired) electrons. The lowest BCUT2D eigenvalue weighted by molar-refractivity contribution is 0.0600. The summed E-state index contributed by atoms with van der Waals surface area (Å²) in [6.07, 6.45) is 0. The molecule has 0 saturated carbocycles. The van der Waals surface area contributed by atoms with E-state index in [9.17, 15) is 14.4 Å². The fourth-order valence-electron chi connectivity index (χ4n) is 3.53. The van der Waals surface area contributed by atoms with Crippen LogP contribution in [0, 0.1) is 6.92 Å². The number of methoxy groups -OCH3 is 1. The Morgan fingerprint density at radius 1 is 0.730 bits per heavy atom. The van der Waals surface area contributed by atoms with Crippen LogP contribution in [0.4, 0.5) is 0 Å². The summed E-state index contributed by atoms with van der Waals surface area (Å²) in [6, 6.07) is 24.1. The van der Waals surface area contributed by atoms with Gasteiger partial charge < -0.3 is 23.0 Å². The largest absolute Gasteiger partial charge is 0.490 e. The van der Waals surface area contributed by atoms with Crippen LogP contribution in [-0.4, -0.2) is 26.3 Å². The maximum Gasteiger partial charge on any atom is 0.337 e. The van der Waals surface area contributed by atoms with Gasteiger partial charge in [-0.1, -0.05) is 18.2 Å². The molecule has 0 aliphatic rings. The van der Waals surface area contributed by atoms with Gasteiger partial charge in [0.2, 0.25) is 0 Å². The molecule has 2 aromatic heterocycles. The van der Waals surface area contributed by atoms with Crippen molar-refractivity contribution in [2.75, 3.05) is 20.3 Å². The molecule has 0 spiro atoms. The van der Waals surface area contributed by atoms with Crippen molar-refractivity contribution < 1.29 is 27.8 Å². The topological polar surface area (TPSA) is 105 Å². The summed E-state index contributed by atoms with van der Waals surface area (Å²) in [4.78, 5) is 33.5. The second-order valence-corrected chi connectivity index (χ2v) is 7.91. The molecule has 0 unspecified atom stereocenters. The molecular weight excluding hydrogens is 476 g/mol. The first-order valence-corrected chi connectivity index (χ1v) is 11.4. The van der Waals surface area contributed by atoms with Gasteiger partial charge in [0.05, 0.1) is 12.7 Å². The van der Waals surface area contributed by atoms with Crippen molar-refractivity contribution in [2.24, 2.45) is 0 Å². The number of hydrogen-bond acceptors (Lipinski definition) is 8. The predicted molar refractivity (Wildman–Crippen MR) is 138 cm³/mol. The molecule has 37 heavy (non-hydrogen) atoms. The average Bonchev–Trinajstić information content (AvgIpc) is 2.91. The van der Waals surface area contributed by atoms with Crippen LogP contribution in [-0.2, 0) is 4.74 Å². The molecule has 188 valence electrons. The van der Waals surface area contributed by atoms with E-state index >= 15 is 0 Å². The highest BCUT2D eigenvalue weighted by molar-refractivity contribution is 5.89. The number of para-hydroxylation sites is 1. The lowest BCUT2D eigenvalue weighted by atomic mass is 10.1. The number of carbonyl (C=O) groups excluding carboxylic acids is 1. The monoisotopic (exact) mass is 500 g/mol. The SMILES string of the molecule is COC(=O)c1ccc(OCCOc2ccc3c(C)cc(=O)oc3c2)cc1.O=c1ccc2ccccc2o1. The number of ether oxygens (including phenoxy) is 3. The molecule has 0 aliphatic carbocycles. The first-order valence-electron chi connectivity index (χ1n) is 11.4. The van der Waals surface area contributed by atoms with Gasteiger partial charge in [-0.25, -0.2) is 14.4 Å². The summed E-state index contributed by atoms with van der Waals surface area (Å²) < 4.78 is 25.9. The van der Waals surface area contributed by atoms with E-state index in [1.54, 1.807) is 42.5 Å². The zero-order valence-electron chi connectivity index (χ0n) is 20.3. The number of rotatable bonds is 6. The highest BCUT2D eigenvalue weighted by Crippen LogP contribution is 2.22. The van der Waals surface area contributed by atoms with Crippen LogP contribution in [0.3, 0.4) is 0 Å². The van der Waals surface area contributed by atoms with Crippen LogP contribution in [0.15, 0.2) is 103 Å². The van der Waals surface area contributed by atoms with Gasteiger partial charge in [0.15, 0.2) is 0 Å². The summed E-state index contributed by atoms with van der Waals surface area (Å²) in [7, 11) is 1.34. The van der Waals surface area contributed by atoms with Crippen LogP contribution < -0.4 is 20.7 Å². The van der Waals surface area contributed by atoms with Gasteiger partial charge >= 0.3 is 17.2 Å². The van der Waals surface area contributed by atoms with Gasteiger partial charge in [-0.2, -0.15) is 0 Å². The molecule has 0 amide bonds. The minimum atomic E-state index is -0.391. The number of aryl methyl sites for hydroxylation is 1. The molecule has 3 aromatic carbocycles. The van der Waals surface area contributed by atoms with E-state index < -0.39 is 5.97 Å². The van der Waals surface area contributed by atoms with Crippen molar-refractivity contribution >= 4 is 27.9 Å². The van der Waals surface area contributed by atoms with Gasteiger partial charge in [-0.15, -0.1) is 0 Å². The van der Waals surface area contributed by atoms with Crippen LogP contribution in [0.1, 0.15) is 15.9 Å². The maximum absolute atomic E-state index is 11.5. The normalized spacial score (nSPS) is 10.4. The number of esters is 1. The third kappa shape index (κ3) is 6.64. The Labute approximate surface area is 211 Å².